The van der Waals surface area contributed by atoms with Crippen molar-refractivity contribution in [1.82, 2.24) is 9.80 Å². The number of rotatable bonds is 3. The van der Waals surface area contributed by atoms with Gasteiger partial charge in [0, 0.05) is 31.2 Å². The summed E-state index contributed by atoms with van der Waals surface area (Å²) in [5.74, 6) is -0.205. The van der Waals surface area contributed by atoms with Crippen molar-refractivity contribution in [3.05, 3.63) is 71.3 Å². The summed E-state index contributed by atoms with van der Waals surface area (Å²) < 4.78 is 0. The molecular weight excluding hydrogens is 400 g/mol. The highest BCUT2D eigenvalue weighted by Crippen LogP contribution is 2.37. The predicted molar refractivity (Wildman–Crippen MR) is 126 cm³/mol. The number of piperazine rings is 1. The normalized spacial score (nSPS) is 21.1. The van der Waals surface area contributed by atoms with Gasteiger partial charge in [0.2, 0.25) is 0 Å². The zero-order chi connectivity index (χ0) is 22.3. The molecule has 2 aromatic carbocycles. The van der Waals surface area contributed by atoms with Crippen LogP contribution in [0.2, 0.25) is 0 Å². The third-order valence-corrected chi connectivity index (χ3v) is 6.72. The molecule has 2 amide bonds. The number of fused-ring (bicyclic) bond motifs is 1. The Morgan fingerprint density at radius 1 is 0.938 bits per heavy atom. The SMILES string of the molecule is CC1CN(C(=O)c2ccc(-c3ccc4c(c3)C=CCC=C4)cc2)CCN1C(=O)C1(O)CC1. The van der Waals surface area contributed by atoms with Crippen LogP contribution in [0, 0.1) is 0 Å². The molecular formula is C27H28N2O3. The Morgan fingerprint density at radius 3 is 2.31 bits per heavy atom. The van der Waals surface area contributed by atoms with Gasteiger partial charge in [-0.25, -0.2) is 0 Å². The maximum atomic E-state index is 13.1. The first-order valence-corrected chi connectivity index (χ1v) is 11.3. The zero-order valence-electron chi connectivity index (χ0n) is 18.3. The van der Waals surface area contributed by atoms with E-state index >= 15 is 0 Å². The van der Waals surface area contributed by atoms with Crippen molar-refractivity contribution < 1.29 is 14.7 Å². The number of hydrogen-bond donors (Lipinski definition) is 1. The molecule has 0 aromatic heterocycles. The van der Waals surface area contributed by atoms with Crippen molar-refractivity contribution in [3.8, 4) is 11.1 Å². The minimum atomic E-state index is -1.15. The van der Waals surface area contributed by atoms with Crippen LogP contribution in [0.3, 0.4) is 0 Å². The van der Waals surface area contributed by atoms with E-state index in [2.05, 4.69) is 42.5 Å². The van der Waals surface area contributed by atoms with Crippen molar-refractivity contribution >= 4 is 24.0 Å². The van der Waals surface area contributed by atoms with Gasteiger partial charge >= 0.3 is 0 Å². The van der Waals surface area contributed by atoms with Gasteiger partial charge in [0.1, 0.15) is 5.60 Å². The quantitative estimate of drug-likeness (QED) is 0.804. The lowest BCUT2D eigenvalue weighted by atomic mass is 9.98. The minimum absolute atomic E-state index is 0.0179. The number of carbonyl (C=O) groups is 2. The van der Waals surface area contributed by atoms with E-state index in [-0.39, 0.29) is 17.9 Å². The Labute approximate surface area is 188 Å². The Hall–Kier alpha value is -3.18. The number of hydrogen-bond acceptors (Lipinski definition) is 3. The van der Waals surface area contributed by atoms with Crippen LogP contribution in [0.25, 0.3) is 23.3 Å². The molecule has 5 nitrogen and oxygen atoms in total. The van der Waals surface area contributed by atoms with Crippen molar-refractivity contribution in [3.63, 3.8) is 0 Å². The van der Waals surface area contributed by atoms with Crippen LogP contribution in [-0.4, -0.2) is 58.0 Å². The average Bonchev–Trinajstić information content (AvgIpc) is 3.60. The topological polar surface area (TPSA) is 60.9 Å². The molecule has 1 saturated heterocycles. The number of benzene rings is 2. The van der Waals surface area contributed by atoms with E-state index in [1.54, 1.807) is 9.80 Å². The number of carbonyl (C=O) groups excluding carboxylic acids is 2. The lowest BCUT2D eigenvalue weighted by Crippen LogP contribution is -2.57. The molecule has 1 heterocycles. The van der Waals surface area contributed by atoms with Crippen LogP contribution in [0.4, 0.5) is 0 Å². The molecule has 2 aliphatic carbocycles. The third kappa shape index (κ3) is 3.89. The van der Waals surface area contributed by atoms with Gasteiger partial charge in [0.25, 0.3) is 11.8 Å². The summed E-state index contributed by atoms with van der Waals surface area (Å²) in [4.78, 5) is 29.1. The standard InChI is InChI=1S/C27H28N2O3/c1-19-18-28(15-16-29(19)26(31)27(32)13-14-27)25(30)22-10-7-21(8-11-22)24-12-9-20-5-3-2-4-6-23(20)17-24/h3-12,17,19,32H,2,13-16,18H2,1H3. The van der Waals surface area contributed by atoms with E-state index < -0.39 is 5.60 Å². The Kier molecular flexibility index (Phi) is 5.22. The summed E-state index contributed by atoms with van der Waals surface area (Å²) in [6.07, 6.45) is 10.7. The molecule has 0 bridgehead atoms. The van der Waals surface area contributed by atoms with Crippen LogP contribution in [0.5, 0.6) is 0 Å². The molecule has 1 unspecified atom stereocenters. The monoisotopic (exact) mass is 428 g/mol. The lowest BCUT2D eigenvalue weighted by Gasteiger charge is -2.40. The molecule has 2 aromatic rings. The number of nitrogens with zero attached hydrogens (tertiary/aromatic N) is 2. The van der Waals surface area contributed by atoms with Gasteiger partial charge in [-0.2, -0.15) is 0 Å². The Bertz CT molecular complexity index is 1110. The summed E-state index contributed by atoms with van der Waals surface area (Å²) in [5.41, 5.74) is 4.12. The summed E-state index contributed by atoms with van der Waals surface area (Å²) >= 11 is 0. The number of amides is 2. The van der Waals surface area contributed by atoms with E-state index in [4.69, 9.17) is 0 Å². The molecule has 1 atom stereocenters. The lowest BCUT2D eigenvalue weighted by molar-refractivity contribution is -0.146. The van der Waals surface area contributed by atoms with Crippen molar-refractivity contribution in [2.75, 3.05) is 19.6 Å². The summed E-state index contributed by atoms with van der Waals surface area (Å²) in [6, 6.07) is 14.1. The Balaban J connectivity index is 1.27. The van der Waals surface area contributed by atoms with E-state index in [1.807, 2.05) is 31.2 Å². The molecule has 2 fully saturated rings. The number of allylic oxidation sites excluding steroid dienone is 2. The second-order valence-corrected chi connectivity index (χ2v) is 9.09. The van der Waals surface area contributed by atoms with Gasteiger partial charge in [-0.15, -0.1) is 0 Å². The molecule has 1 N–H and O–H groups in total. The van der Waals surface area contributed by atoms with Crippen molar-refractivity contribution in [1.29, 1.82) is 0 Å². The van der Waals surface area contributed by atoms with Crippen LogP contribution >= 0.6 is 0 Å². The molecule has 5 rings (SSSR count). The van der Waals surface area contributed by atoms with E-state index in [0.717, 1.165) is 17.5 Å². The second-order valence-electron chi connectivity index (χ2n) is 9.09. The van der Waals surface area contributed by atoms with Crippen molar-refractivity contribution in [2.24, 2.45) is 0 Å². The fourth-order valence-corrected chi connectivity index (χ4v) is 4.55. The number of aliphatic hydroxyl groups is 1. The highest BCUT2D eigenvalue weighted by atomic mass is 16.3. The summed E-state index contributed by atoms with van der Waals surface area (Å²) in [7, 11) is 0. The second kappa shape index (κ2) is 8.06. The first-order valence-electron chi connectivity index (χ1n) is 11.3. The summed E-state index contributed by atoms with van der Waals surface area (Å²) in [5, 5.41) is 10.1. The third-order valence-electron chi connectivity index (χ3n) is 6.72. The molecule has 164 valence electrons. The first-order chi connectivity index (χ1) is 15.4. The molecule has 5 heteroatoms. The minimum Gasteiger partial charge on any atom is -0.380 e. The molecule has 1 aliphatic heterocycles. The van der Waals surface area contributed by atoms with Crippen molar-refractivity contribution in [2.45, 2.75) is 37.8 Å². The fraction of sp³-hybridized carbons (Fsp3) is 0.333. The van der Waals surface area contributed by atoms with Crippen LogP contribution in [-0.2, 0) is 4.79 Å². The van der Waals surface area contributed by atoms with Gasteiger partial charge in [-0.3, -0.25) is 9.59 Å². The van der Waals surface area contributed by atoms with Gasteiger partial charge in [-0.1, -0.05) is 48.6 Å². The highest BCUT2D eigenvalue weighted by molar-refractivity contribution is 5.95. The van der Waals surface area contributed by atoms with Gasteiger partial charge < -0.3 is 14.9 Å². The summed E-state index contributed by atoms with van der Waals surface area (Å²) in [6.45, 7) is 3.36. The molecule has 32 heavy (non-hydrogen) atoms. The van der Waals surface area contributed by atoms with Crippen LogP contribution in [0.15, 0.2) is 54.6 Å². The predicted octanol–water partition coefficient (Wildman–Crippen LogP) is 3.98. The van der Waals surface area contributed by atoms with E-state index in [0.29, 0.717) is 38.0 Å². The van der Waals surface area contributed by atoms with Gasteiger partial charge in [0.05, 0.1) is 0 Å². The maximum absolute atomic E-state index is 13.1. The Morgan fingerprint density at radius 2 is 1.62 bits per heavy atom. The van der Waals surface area contributed by atoms with Gasteiger partial charge in [0.15, 0.2) is 0 Å². The average molecular weight is 429 g/mol. The van der Waals surface area contributed by atoms with E-state index in [1.165, 1.54) is 11.1 Å². The van der Waals surface area contributed by atoms with Gasteiger partial charge in [-0.05, 0) is 66.6 Å². The first kappa shape index (κ1) is 20.7. The van der Waals surface area contributed by atoms with Crippen LogP contribution < -0.4 is 0 Å². The molecule has 0 spiro atoms. The fourth-order valence-electron chi connectivity index (χ4n) is 4.55. The molecule has 1 saturated carbocycles. The highest BCUT2D eigenvalue weighted by Gasteiger charge is 2.51. The van der Waals surface area contributed by atoms with Crippen LogP contribution in [0.1, 0.15) is 47.7 Å². The molecule has 3 aliphatic rings. The zero-order valence-corrected chi connectivity index (χ0v) is 18.3. The maximum Gasteiger partial charge on any atom is 0.254 e. The largest absolute Gasteiger partial charge is 0.380 e. The molecule has 0 radical (unpaired) electrons. The smallest absolute Gasteiger partial charge is 0.254 e. The van der Waals surface area contributed by atoms with E-state index in [9.17, 15) is 14.7 Å².